The number of amides is 1. The third-order valence-corrected chi connectivity index (χ3v) is 7.88. The van der Waals surface area contributed by atoms with Crippen molar-refractivity contribution in [1.29, 1.82) is 0 Å². The normalized spacial score (nSPS) is 18.2. The molecule has 0 N–H and O–H groups in total. The minimum absolute atomic E-state index is 0.0496. The molecule has 1 saturated heterocycles. The van der Waals surface area contributed by atoms with E-state index < -0.39 is 33.8 Å². The zero-order valence-electron chi connectivity index (χ0n) is 17.5. The summed E-state index contributed by atoms with van der Waals surface area (Å²) in [6.45, 7) is 2.05. The molecule has 2 aromatic rings. The lowest BCUT2D eigenvalue weighted by molar-refractivity contribution is -0.147. The van der Waals surface area contributed by atoms with E-state index in [1.807, 2.05) is 0 Å². The van der Waals surface area contributed by atoms with E-state index in [0.29, 0.717) is 23.2 Å². The number of hydrogen-bond donors (Lipinski definition) is 0. The molecule has 2 aliphatic rings. The Hall–Kier alpha value is -2.67. The summed E-state index contributed by atoms with van der Waals surface area (Å²) in [4.78, 5) is 25.6. The molecule has 1 fully saturated rings. The third-order valence-electron chi connectivity index (χ3n) is 5.99. The number of halogens is 3. The Kier molecular flexibility index (Phi) is 5.44. The van der Waals surface area contributed by atoms with E-state index in [2.05, 4.69) is 5.10 Å². The summed E-state index contributed by atoms with van der Waals surface area (Å²) in [5.41, 5.74) is 0.591. The van der Waals surface area contributed by atoms with Gasteiger partial charge in [0, 0.05) is 39.3 Å². The molecule has 0 saturated carbocycles. The number of rotatable bonds is 3. The lowest BCUT2D eigenvalue weighted by Crippen LogP contribution is -2.41. The molecule has 1 amide bonds. The molecule has 0 atom stereocenters. The van der Waals surface area contributed by atoms with Gasteiger partial charge in [-0.1, -0.05) is 0 Å². The molecule has 3 heterocycles. The van der Waals surface area contributed by atoms with Gasteiger partial charge in [-0.25, -0.2) is 17.9 Å². The quantitative estimate of drug-likeness (QED) is 0.674. The topological polar surface area (TPSA) is 97.5 Å². The number of sulfonamides is 1. The van der Waals surface area contributed by atoms with Crippen LogP contribution in [0.5, 0.6) is 0 Å². The van der Waals surface area contributed by atoms with Gasteiger partial charge in [-0.05, 0) is 43.0 Å². The summed E-state index contributed by atoms with van der Waals surface area (Å²) in [5.74, 6) is -1.39. The Morgan fingerprint density at radius 1 is 1.16 bits per heavy atom. The number of alkyl halides is 3. The Labute approximate surface area is 182 Å². The van der Waals surface area contributed by atoms with Crippen LogP contribution < -0.4 is 10.6 Å². The van der Waals surface area contributed by atoms with Gasteiger partial charge in [0.05, 0.1) is 10.9 Å². The fourth-order valence-electron chi connectivity index (χ4n) is 4.28. The average Bonchev–Trinajstić information content (AvgIpc) is 3.29. The SMILES string of the molecule is CC(=O)N1CCc2cc(S(=O)(=O)N3CCC(n4nc(C(F)(F)F)n(C)c4=O)CC3)ccc21. The van der Waals surface area contributed by atoms with Gasteiger partial charge in [0.25, 0.3) is 0 Å². The van der Waals surface area contributed by atoms with Crippen LogP contribution in [-0.4, -0.2) is 52.6 Å². The van der Waals surface area contributed by atoms with E-state index in [1.165, 1.54) is 17.3 Å². The first-order chi connectivity index (χ1) is 14.9. The van der Waals surface area contributed by atoms with Gasteiger partial charge >= 0.3 is 11.9 Å². The second-order valence-corrected chi connectivity index (χ2v) is 9.89. The number of piperidine rings is 1. The summed E-state index contributed by atoms with van der Waals surface area (Å²) in [6.07, 6.45) is -3.87. The summed E-state index contributed by atoms with van der Waals surface area (Å²) in [5, 5.41) is 3.45. The van der Waals surface area contributed by atoms with Crippen LogP contribution >= 0.6 is 0 Å². The van der Waals surface area contributed by atoms with Crippen LogP contribution in [0.2, 0.25) is 0 Å². The molecule has 0 bridgehead atoms. The summed E-state index contributed by atoms with van der Waals surface area (Å²) in [7, 11) is -2.82. The van der Waals surface area contributed by atoms with Crippen molar-refractivity contribution >= 4 is 21.6 Å². The molecule has 4 rings (SSSR count). The van der Waals surface area contributed by atoms with Gasteiger partial charge in [-0.15, -0.1) is 5.10 Å². The second-order valence-electron chi connectivity index (χ2n) is 7.95. The number of fused-ring (bicyclic) bond motifs is 1. The first-order valence-corrected chi connectivity index (χ1v) is 11.5. The molecule has 9 nitrogen and oxygen atoms in total. The molecule has 0 aliphatic carbocycles. The fourth-order valence-corrected chi connectivity index (χ4v) is 5.80. The highest BCUT2D eigenvalue weighted by atomic mass is 32.2. The van der Waals surface area contributed by atoms with Crippen molar-refractivity contribution < 1.29 is 26.4 Å². The van der Waals surface area contributed by atoms with E-state index in [9.17, 15) is 31.2 Å². The zero-order valence-corrected chi connectivity index (χ0v) is 18.3. The van der Waals surface area contributed by atoms with E-state index in [-0.39, 0.29) is 36.7 Å². The Morgan fingerprint density at radius 2 is 1.81 bits per heavy atom. The van der Waals surface area contributed by atoms with E-state index in [1.54, 1.807) is 17.0 Å². The van der Waals surface area contributed by atoms with E-state index in [0.717, 1.165) is 17.3 Å². The maximum atomic E-state index is 13.1. The molecule has 1 aromatic heterocycles. The largest absolute Gasteiger partial charge is 0.451 e. The van der Waals surface area contributed by atoms with Crippen molar-refractivity contribution in [3.8, 4) is 0 Å². The van der Waals surface area contributed by atoms with Crippen molar-refractivity contribution in [1.82, 2.24) is 18.7 Å². The molecule has 1 aromatic carbocycles. The molecule has 13 heteroatoms. The number of aromatic nitrogens is 3. The number of carbonyl (C=O) groups excluding carboxylic acids is 1. The lowest BCUT2D eigenvalue weighted by Gasteiger charge is -2.31. The molecule has 174 valence electrons. The van der Waals surface area contributed by atoms with Crippen LogP contribution in [0.25, 0.3) is 0 Å². The summed E-state index contributed by atoms with van der Waals surface area (Å²) >= 11 is 0. The highest BCUT2D eigenvalue weighted by molar-refractivity contribution is 7.89. The van der Waals surface area contributed by atoms with Crippen LogP contribution in [0.1, 0.15) is 37.2 Å². The maximum Gasteiger partial charge on any atom is 0.451 e. The van der Waals surface area contributed by atoms with Crippen LogP contribution in [-0.2, 0) is 34.5 Å². The van der Waals surface area contributed by atoms with Gasteiger partial charge in [0.1, 0.15) is 0 Å². The minimum atomic E-state index is -4.76. The predicted octanol–water partition coefficient (Wildman–Crippen LogP) is 1.54. The van der Waals surface area contributed by atoms with Crippen LogP contribution in [0.3, 0.4) is 0 Å². The smallest absolute Gasteiger partial charge is 0.312 e. The van der Waals surface area contributed by atoms with Gasteiger partial charge < -0.3 is 4.90 Å². The van der Waals surface area contributed by atoms with Crippen molar-refractivity contribution in [3.05, 3.63) is 40.1 Å². The van der Waals surface area contributed by atoms with Crippen molar-refractivity contribution in [2.24, 2.45) is 7.05 Å². The number of anilines is 1. The molecular formula is C19H22F3N5O4S. The van der Waals surface area contributed by atoms with Gasteiger partial charge in [-0.3, -0.25) is 9.36 Å². The standard InChI is InChI=1S/C19H22F3N5O4S/c1-12(28)26-10-5-13-11-15(3-4-16(13)26)32(30,31)25-8-6-14(7-9-25)27-18(29)24(2)17(23-27)19(20,21)22/h3-4,11,14H,5-10H2,1-2H3. The molecule has 0 unspecified atom stereocenters. The average molecular weight is 473 g/mol. The predicted molar refractivity (Wildman–Crippen MR) is 108 cm³/mol. The molecule has 0 radical (unpaired) electrons. The monoisotopic (exact) mass is 473 g/mol. The van der Waals surface area contributed by atoms with Crippen molar-refractivity contribution in [2.75, 3.05) is 24.5 Å². The Morgan fingerprint density at radius 3 is 2.38 bits per heavy atom. The maximum absolute atomic E-state index is 13.1. The zero-order chi connectivity index (χ0) is 23.4. The Balaban J connectivity index is 1.52. The first kappa shape index (κ1) is 22.5. The van der Waals surface area contributed by atoms with E-state index in [4.69, 9.17) is 0 Å². The molecule has 32 heavy (non-hydrogen) atoms. The summed E-state index contributed by atoms with van der Waals surface area (Å²) < 4.78 is 67.8. The minimum Gasteiger partial charge on any atom is -0.312 e. The first-order valence-electron chi connectivity index (χ1n) is 10.0. The molecule has 2 aliphatic heterocycles. The van der Waals surface area contributed by atoms with Crippen molar-refractivity contribution in [2.45, 2.75) is 43.3 Å². The van der Waals surface area contributed by atoms with Gasteiger partial charge in [-0.2, -0.15) is 17.5 Å². The molecule has 0 spiro atoms. The van der Waals surface area contributed by atoms with Crippen LogP contribution in [0.4, 0.5) is 18.9 Å². The number of benzene rings is 1. The highest BCUT2D eigenvalue weighted by Gasteiger charge is 2.40. The number of hydrogen-bond acceptors (Lipinski definition) is 5. The Bertz CT molecular complexity index is 1230. The van der Waals surface area contributed by atoms with Crippen molar-refractivity contribution in [3.63, 3.8) is 0 Å². The van der Waals surface area contributed by atoms with Gasteiger partial charge in [0.2, 0.25) is 21.8 Å². The van der Waals surface area contributed by atoms with Crippen LogP contribution in [0.15, 0.2) is 27.9 Å². The van der Waals surface area contributed by atoms with E-state index >= 15 is 0 Å². The van der Waals surface area contributed by atoms with Crippen LogP contribution in [0, 0.1) is 0 Å². The summed E-state index contributed by atoms with van der Waals surface area (Å²) in [6, 6.07) is 4.02. The third kappa shape index (κ3) is 3.72. The lowest BCUT2D eigenvalue weighted by atomic mass is 10.1. The number of carbonyl (C=O) groups is 1. The van der Waals surface area contributed by atoms with Gasteiger partial charge in [0.15, 0.2) is 0 Å². The highest BCUT2D eigenvalue weighted by Crippen LogP contribution is 2.33. The second kappa shape index (κ2) is 7.73. The fraction of sp³-hybridized carbons (Fsp3) is 0.526. The number of nitrogens with zero attached hydrogens (tertiary/aromatic N) is 5. The molecular weight excluding hydrogens is 451 g/mol.